The first-order valence-corrected chi connectivity index (χ1v) is 10.6. The number of benzene rings is 2. The van der Waals surface area contributed by atoms with Crippen LogP contribution in [0.2, 0.25) is 0 Å². The number of rotatable bonds is 3. The summed E-state index contributed by atoms with van der Waals surface area (Å²) in [6.45, 7) is 1.84. The average molecular weight is 441 g/mol. The molecular weight excluding hydrogens is 417 g/mol. The van der Waals surface area contributed by atoms with E-state index in [4.69, 9.17) is 9.47 Å². The molecule has 0 radical (unpaired) electrons. The van der Waals surface area contributed by atoms with E-state index in [-0.39, 0.29) is 30.3 Å². The molecule has 32 heavy (non-hydrogen) atoms. The minimum atomic E-state index is -0.695. The fourth-order valence-electron chi connectivity index (χ4n) is 4.20. The van der Waals surface area contributed by atoms with Crippen LogP contribution < -0.4 is 25.9 Å². The Morgan fingerprint density at radius 1 is 0.875 bits per heavy atom. The molecule has 9 nitrogen and oxygen atoms in total. The zero-order valence-electron chi connectivity index (χ0n) is 17.3. The predicted molar refractivity (Wildman–Crippen MR) is 112 cm³/mol. The van der Waals surface area contributed by atoms with Crippen molar-refractivity contribution in [3.05, 3.63) is 59.9 Å². The number of hydrogen-bond donors (Lipinski definition) is 3. The number of amides is 2. The van der Waals surface area contributed by atoms with Gasteiger partial charge in [0.25, 0.3) is 5.91 Å². The molecule has 3 aliphatic heterocycles. The number of para-hydroxylation sites is 2. The van der Waals surface area contributed by atoms with Crippen molar-refractivity contribution in [1.29, 1.82) is 0 Å². The highest BCUT2D eigenvalue weighted by molar-refractivity contribution is 5.85. The number of nitrogens with zero attached hydrogens (tertiary/aromatic N) is 2. The molecular formula is C22H24FN5O4. The Bertz CT molecular complexity index is 996. The Morgan fingerprint density at radius 2 is 1.53 bits per heavy atom. The van der Waals surface area contributed by atoms with Gasteiger partial charge in [-0.15, -0.1) is 0 Å². The molecule has 168 valence electrons. The van der Waals surface area contributed by atoms with E-state index in [9.17, 15) is 14.0 Å². The average Bonchev–Trinajstić information content (AvgIpc) is 3.33. The lowest BCUT2D eigenvalue weighted by molar-refractivity contribution is -0.146. The molecule has 5 rings (SSSR count). The fourth-order valence-corrected chi connectivity index (χ4v) is 4.20. The van der Waals surface area contributed by atoms with Crippen molar-refractivity contribution < 1.29 is 23.5 Å². The largest absolute Gasteiger partial charge is 0.485 e. The van der Waals surface area contributed by atoms with Crippen LogP contribution in [0.4, 0.5) is 4.39 Å². The second-order valence-corrected chi connectivity index (χ2v) is 7.94. The summed E-state index contributed by atoms with van der Waals surface area (Å²) in [4.78, 5) is 29.5. The highest BCUT2D eigenvalue weighted by Gasteiger charge is 2.39. The van der Waals surface area contributed by atoms with E-state index < -0.39 is 12.1 Å². The topological polar surface area (TPSA) is 95.2 Å². The summed E-state index contributed by atoms with van der Waals surface area (Å²) in [5, 5.41) is 0. The number of piperazine rings is 1. The Balaban J connectivity index is 1.18. The number of fused-ring (bicyclic) bond motifs is 1. The van der Waals surface area contributed by atoms with Crippen LogP contribution >= 0.6 is 0 Å². The van der Waals surface area contributed by atoms with Gasteiger partial charge >= 0.3 is 0 Å². The van der Waals surface area contributed by atoms with Crippen LogP contribution in [-0.4, -0.2) is 66.5 Å². The first-order chi connectivity index (χ1) is 15.6. The third kappa shape index (κ3) is 3.99. The van der Waals surface area contributed by atoms with Crippen molar-refractivity contribution in [3.63, 3.8) is 0 Å². The van der Waals surface area contributed by atoms with Crippen LogP contribution in [0, 0.1) is 5.82 Å². The van der Waals surface area contributed by atoms with E-state index in [1.54, 1.807) is 34.1 Å². The summed E-state index contributed by atoms with van der Waals surface area (Å²) in [6.07, 6.45) is -0.695. The van der Waals surface area contributed by atoms with E-state index in [0.717, 1.165) is 5.56 Å². The molecule has 0 saturated carbocycles. The van der Waals surface area contributed by atoms with Crippen molar-refractivity contribution in [2.24, 2.45) is 0 Å². The predicted octanol–water partition coefficient (Wildman–Crippen LogP) is 0.359. The van der Waals surface area contributed by atoms with Crippen molar-refractivity contribution in [3.8, 4) is 11.5 Å². The summed E-state index contributed by atoms with van der Waals surface area (Å²) in [7, 11) is 0. The molecule has 2 amide bonds. The van der Waals surface area contributed by atoms with Gasteiger partial charge in [0.1, 0.15) is 18.5 Å². The monoisotopic (exact) mass is 441 g/mol. The van der Waals surface area contributed by atoms with Gasteiger partial charge in [-0.1, -0.05) is 24.3 Å². The Labute approximate surface area is 184 Å². The first kappa shape index (κ1) is 20.7. The number of carbonyl (C=O) groups is 2. The maximum atomic E-state index is 13.3. The van der Waals surface area contributed by atoms with Gasteiger partial charge in [-0.2, -0.15) is 5.53 Å². The maximum Gasteiger partial charge on any atom is 0.267 e. The Hall–Kier alpha value is -3.21. The summed E-state index contributed by atoms with van der Waals surface area (Å²) < 4.78 is 24.7. The smallest absolute Gasteiger partial charge is 0.267 e. The van der Waals surface area contributed by atoms with Crippen LogP contribution in [0.3, 0.4) is 0 Å². The van der Waals surface area contributed by atoms with Crippen LogP contribution in [0.5, 0.6) is 11.5 Å². The summed E-state index contributed by atoms with van der Waals surface area (Å²) in [5.41, 5.74) is 9.56. The maximum absolute atomic E-state index is 13.3. The van der Waals surface area contributed by atoms with Crippen LogP contribution in [0.1, 0.15) is 11.6 Å². The summed E-state index contributed by atoms with van der Waals surface area (Å²) in [6, 6.07) is 12.4. The molecule has 3 heterocycles. The highest BCUT2D eigenvalue weighted by Crippen LogP contribution is 2.31. The van der Waals surface area contributed by atoms with Crippen molar-refractivity contribution in [1.82, 2.24) is 26.2 Å². The number of carbonyl (C=O) groups excluding carboxylic acids is 2. The molecule has 0 aliphatic carbocycles. The lowest BCUT2D eigenvalue weighted by Crippen LogP contribution is -2.57. The molecule has 2 saturated heterocycles. The lowest BCUT2D eigenvalue weighted by Gasteiger charge is -2.38. The second-order valence-electron chi connectivity index (χ2n) is 7.94. The summed E-state index contributed by atoms with van der Waals surface area (Å²) in [5.74, 6) is 0.638. The molecule has 0 spiro atoms. The van der Waals surface area contributed by atoms with Gasteiger partial charge in [0.2, 0.25) is 12.0 Å². The molecule has 3 N–H and O–H groups in total. The quantitative estimate of drug-likeness (QED) is 0.633. The molecule has 10 heteroatoms. The van der Waals surface area contributed by atoms with Gasteiger partial charge in [-0.3, -0.25) is 9.59 Å². The van der Waals surface area contributed by atoms with E-state index >= 15 is 0 Å². The van der Waals surface area contributed by atoms with Crippen LogP contribution in [-0.2, 0) is 9.59 Å². The van der Waals surface area contributed by atoms with Crippen molar-refractivity contribution in [2.75, 3.05) is 32.8 Å². The number of hydrazine groups is 2. The first-order valence-electron chi connectivity index (χ1n) is 10.6. The minimum absolute atomic E-state index is 0.0879. The molecule has 0 bridgehead atoms. The van der Waals surface area contributed by atoms with Gasteiger partial charge in [-0.05, 0) is 29.8 Å². The van der Waals surface area contributed by atoms with Gasteiger partial charge in [0.15, 0.2) is 11.5 Å². The number of hydrogen-bond acceptors (Lipinski definition) is 7. The van der Waals surface area contributed by atoms with Gasteiger partial charge in [0, 0.05) is 26.2 Å². The van der Waals surface area contributed by atoms with E-state index in [1.165, 1.54) is 12.1 Å². The molecule has 0 aromatic heterocycles. The van der Waals surface area contributed by atoms with Crippen molar-refractivity contribution >= 4 is 11.8 Å². The van der Waals surface area contributed by atoms with Gasteiger partial charge in [0.05, 0.1) is 6.04 Å². The van der Waals surface area contributed by atoms with Gasteiger partial charge in [-0.25, -0.2) is 15.2 Å². The minimum Gasteiger partial charge on any atom is -0.485 e. The Morgan fingerprint density at radius 3 is 2.25 bits per heavy atom. The highest BCUT2D eigenvalue weighted by atomic mass is 19.1. The second kappa shape index (κ2) is 8.73. The summed E-state index contributed by atoms with van der Waals surface area (Å²) >= 11 is 0. The lowest BCUT2D eigenvalue weighted by atomic mass is 9.99. The normalized spacial score (nSPS) is 25.0. The third-order valence-electron chi connectivity index (χ3n) is 5.97. The standard InChI is InChI=1S/C22H24FN5O4/c23-15-7-5-14(6-8-15)19-20(25-26-24-19)22(30)28-11-9-27(10-12-28)21(29)18-13-31-16-3-1-2-4-17(16)32-18/h1-8,18-20,24-26H,9-13H2. The van der Waals surface area contributed by atoms with Crippen molar-refractivity contribution in [2.45, 2.75) is 18.2 Å². The van der Waals surface area contributed by atoms with E-state index in [2.05, 4.69) is 16.4 Å². The van der Waals surface area contributed by atoms with E-state index in [0.29, 0.717) is 37.7 Å². The molecule has 3 unspecified atom stereocenters. The number of halogens is 1. The van der Waals surface area contributed by atoms with E-state index in [1.807, 2.05) is 12.1 Å². The number of ether oxygens (including phenoxy) is 2. The zero-order valence-corrected chi connectivity index (χ0v) is 17.3. The van der Waals surface area contributed by atoms with Crippen LogP contribution in [0.25, 0.3) is 0 Å². The molecule has 2 fully saturated rings. The fraction of sp³-hybridized carbons (Fsp3) is 0.364. The number of nitrogens with one attached hydrogen (secondary N) is 3. The van der Waals surface area contributed by atoms with Gasteiger partial charge < -0.3 is 19.3 Å². The van der Waals surface area contributed by atoms with Crippen LogP contribution in [0.15, 0.2) is 48.5 Å². The Kier molecular flexibility index (Phi) is 5.64. The SMILES string of the molecule is O=C(C1COc2ccccc2O1)N1CCN(C(=O)C2NNNC2c2ccc(F)cc2)CC1. The molecule has 3 atom stereocenters. The zero-order chi connectivity index (χ0) is 22.1. The molecule has 2 aromatic carbocycles. The molecule has 2 aromatic rings. The third-order valence-corrected chi connectivity index (χ3v) is 5.97. The molecule has 3 aliphatic rings.